The smallest absolute Gasteiger partial charge is 0.303 e. The summed E-state index contributed by atoms with van der Waals surface area (Å²) in [4.78, 5) is 30.1. The van der Waals surface area contributed by atoms with Crippen LogP contribution in [0.2, 0.25) is 0 Å². The molecule has 0 fully saturated rings. The number of rotatable bonds is 20. The van der Waals surface area contributed by atoms with E-state index in [0.29, 0.717) is 19.3 Å². The summed E-state index contributed by atoms with van der Waals surface area (Å²) in [5.41, 5.74) is 0. The van der Waals surface area contributed by atoms with Crippen molar-refractivity contribution in [3.63, 3.8) is 0 Å². The zero-order chi connectivity index (χ0) is 23.0. The van der Waals surface area contributed by atoms with Gasteiger partial charge in [0.2, 0.25) is 0 Å². The summed E-state index contributed by atoms with van der Waals surface area (Å²) in [5.74, 6) is -1.53. The zero-order valence-electron chi connectivity index (χ0n) is 19.4. The van der Waals surface area contributed by atoms with Gasteiger partial charge in [-0.15, -0.1) is 0 Å². The Morgan fingerprint density at radius 2 is 0.700 bits per heavy atom. The van der Waals surface area contributed by atoms with Crippen molar-refractivity contribution in [1.82, 2.24) is 0 Å². The average Bonchev–Trinajstić information content (AvgIpc) is 2.65. The Morgan fingerprint density at radius 1 is 0.467 bits per heavy atom. The van der Waals surface area contributed by atoms with Crippen molar-refractivity contribution >= 4 is 17.9 Å². The molecule has 0 saturated heterocycles. The summed E-state index contributed by atoms with van der Waals surface area (Å²) in [7, 11) is 0. The topological polar surface area (TPSA) is 112 Å². The number of carboxylic acid groups (broad SMARTS) is 3. The Morgan fingerprint density at radius 3 is 0.967 bits per heavy atom. The van der Waals surface area contributed by atoms with Gasteiger partial charge >= 0.3 is 17.9 Å². The highest BCUT2D eigenvalue weighted by molar-refractivity contribution is 5.68. The fourth-order valence-electron chi connectivity index (χ4n) is 3.15. The third-order valence-electron chi connectivity index (χ3n) is 4.95. The van der Waals surface area contributed by atoms with E-state index in [2.05, 4.69) is 13.8 Å². The molecule has 0 aromatic rings. The molecule has 0 atom stereocenters. The first-order chi connectivity index (χ1) is 14.3. The Labute approximate surface area is 183 Å². The van der Waals surface area contributed by atoms with Gasteiger partial charge in [0, 0.05) is 19.3 Å². The molecular formula is C24H46O6. The highest BCUT2D eigenvalue weighted by Crippen LogP contribution is 2.14. The molecule has 3 N–H and O–H groups in total. The van der Waals surface area contributed by atoms with E-state index in [1.54, 1.807) is 0 Å². The lowest BCUT2D eigenvalue weighted by molar-refractivity contribution is -0.139. The number of carboxylic acids is 3. The van der Waals surface area contributed by atoms with E-state index in [-0.39, 0.29) is 12.8 Å². The van der Waals surface area contributed by atoms with Crippen LogP contribution < -0.4 is 0 Å². The minimum Gasteiger partial charge on any atom is -0.481 e. The van der Waals surface area contributed by atoms with E-state index < -0.39 is 17.9 Å². The van der Waals surface area contributed by atoms with E-state index >= 15 is 0 Å². The Hall–Kier alpha value is -1.59. The SMILES string of the molecule is CC(C)CCCCCCCCCCCCCCC(=O)O.O=C(O)CCCCC(=O)O. The molecule has 0 aromatic heterocycles. The van der Waals surface area contributed by atoms with Crippen LogP contribution in [-0.2, 0) is 14.4 Å². The second kappa shape index (κ2) is 23.7. The summed E-state index contributed by atoms with van der Waals surface area (Å²) in [6.07, 6.45) is 18.3. The number of aliphatic carboxylic acids is 3. The third kappa shape index (κ3) is 34.0. The van der Waals surface area contributed by atoms with Crippen molar-refractivity contribution in [3.05, 3.63) is 0 Å². The van der Waals surface area contributed by atoms with Gasteiger partial charge in [-0.3, -0.25) is 14.4 Å². The van der Waals surface area contributed by atoms with Gasteiger partial charge in [0.15, 0.2) is 0 Å². The second-order valence-electron chi connectivity index (χ2n) is 8.56. The minimum atomic E-state index is -0.870. The fourth-order valence-corrected chi connectivity index (χ4v) is 3.15. The van der Waals surface area contributed by atoms with Crippen molar-refractivity contribution in [1.29, 1.82) is 0 Å². The summed E-state index contributed by atoms with van der Waals surface area (Å²) < 4.78 is 0. The van der Waals surface area contributed by atoms with Crippen molar-refractivity contribution < 1.29 is 29.7 Å². The molecule has 6 heteroatoms. The Bertz CT molecular complexity index is 404. The van der Waals surface area contributed by atoms with E-state index in [1.807, 2.05) is 0 Å². The lowest BCUT2D eigenvalue weighted by atomic mass is 10.0. The fraction of sp³-hybridized carbons (Fsp3) is 0.875. The number of carbonyl (C=O) groups is 3. The number of hydrogen-bond donors (Lipinski definition) is 3. The predicted molar refractivity (Wildman–Crippen MR) is 121 cm³/mol. The molecule has 0 bridgehead atoms. The monoisotopic (exact) mass is 430 g/mol. The molecule has 178 valence electrons. The van der Waals surface area contributed by atoms with Gasteiger partial charge in [-0.05, 0) is 25.2 Å². The molecule has 0 aromatic carbocycles. The molecule has 0 aliphatic rings. The van der Waals surface area contributed by atoms with Crippen molar-refractivity contribution in [2.75, 3.05) is 0 Å². The van der Waals surface area contributed by atoms with Gasteiger partial charge in [0.1, 0.15) is 0 Å². The number of hydrogen-bond acceptors (Lipinski definition) is 3. The summed E-state index contributed by atoms with van der Waals surface area (Å²) >= 11 is 0. The first-order valence-electron chi connectivity index (χ1n) is 11.9. The third-order valence-corrected chi connectivity index (χ3v) is 4.95. The van der Waals surface area contributed by atoms with E-state index in [4.69, 9.17) is 15.3 Å². The van der Waals surface area contributed by atoms with Crippen molar-refractivity contribution in [2.24, 2.45) is 5.92 Å². The lowest BCUT2D eigenvalue weighted by Gasteiger charge is -2.04. The quantitative estimate of drug-likeness (QED) is 0.181. The van der Waals surface area contributed by atoms with Crippen LogP contribution in [0.15, 0.2) is 0 Å². The zero-order valence-corrected chi connectivity index (χ0v) is 19.4. The normalized spacial score (nSPS) is 10.5. The van der Waals surface area contributed by atoms with Gasteiger partial charge < -0.3 is 15.3 Å². The standard InChI is InChI=1S/C18H36O2.C6H10O4/c1-17(2)15-13-11-9-7-5-3-4-6-8-10-12-14-16-18(19)20;7-5(8)3-1-2-4-6(9)10/h17H,3-16H2,1-2H3,(H,19,20);1-4H2,(H,7,8)(H,9,10). The molecule has 0 aliphatic carbocycles. The van der Waals surface area contributed by atoms with Crippen LogP contribution in [-0.4, -0.2) is 33.2 Å². The van der Waals surface area contributed by atoms with Gasteiger partial charge in [0.25, 0.3) is 0 Å². The second-order valence-corrected chi connectivity index (χ2v) is 8.56. The minimum absolute atomic E-state index is 0.0628. The van der Waals surface area contributed by atoms with E-state index in [0.717, 1.165) is 18.8 Å². The van der Waals surface area contributed by atoms with Gasteiger partial charge in [-0.25, -0.2) is 0 Å². The van der Waals surface area contributed by atoms with Crippen LogP contribution in [0.3, 0.4) is 0 Å². The average molecular weight is 431 g/mol. The highest BCUT2D eigenvalue weighted by Gasteiger charge is 1.99. The summed E-state index contributed by atoms with van der Waals surface area (Å²) in [6.45, 7) is 4.61. The van der Waals surface area contributed by atoms with Crippen LogP contribution in [0.1, 0.15) is 129 Å². The Kier molecular flexibility index (Phi) is 24.2. The molecule has 0 aliphatic heterocycles. The molecule has 6 nitrogen and oxygen atoms in total. The molecule has 30 heavy (non-hydrogen) atoms. The first-order valence-corrected chi connectivity index (χ1v) is 11.9. The van der Waals surface area contributed by atoms with Crippen molar-refractivity contribution in [3.8, 4) is 0 Å². The molecular weight excluding hydrogens is 384 g/mol. The molecule has 0 saturated carbocycles. The molecule has 0 heterocycles. The summed E-state index contributed by atoms with van der Waals surface area (Å²) in [5, 5.41) is 24.8. The maximum atomic E-state index is 10.3. The largest absolute Gasteiger partial charge is 0.481 e. The molecule has 0 unspecified atom stereocenters. The maximum absolute atomic E-state index is 10.3. The Balaban J connectivity index is 0. The number of unbranched alkanes of at least 4 members (excludes halogenated alkanes) is 12. The van der Waals surface area contributed by atoms with Gasteiger partial charge in [0.05, 0.1) is 0 Å². The lowest BCUT2D eigenvalue weighted by Crippen LogP contribution is -1.97. The van der Waals surface area contributed by atoms with Gasteiger partial charge in [-0.1, -0.05) is 90.9 Å². The van der Waals surface area contributed by atoms with E-state index in [9.17, 15) is 14.4 Å². The first kappa shape index (κ1) is 30.6. The highest BCUT2D eigenvalue weighted by atomic mass is 16.4. The van der Waals surface area contributed by atoms with Crippen LogP contribution in [0.4, 0.5) is 0 Å². The van der Waals surface area contributed by atoms with Crippen LogP contribution >= 0.6 is 0 Å². The van der Waals surface area contributed by atoms with Gasteiger partial charge in [-0.2, -0.15) is 0 Å². The van der Waals surface area contributed by atoms with Crippen LogP contribution in [0.25, 0.3) is 0 Å². The van der Waals surface area contributed by atoms with E-state index in [1.165, 1.54) is 70.6 Å². The molecule has 0 spiro atoms. The van der Waals surface area contributed by atoms with Crippen LogP contribution in [0.5, 0.6) is 0 Å². The maximum Gasteiger partial charge on any atom is 0.303 e. The molecule has 0 amide bonds. The molecule has 0 rings (SSSR count). The predicted octanol–water partition coefficient (Wildman–Crippen LogP) is 6.90. The summed E-state index contributed by atoms with van der Waals surface area (Å²) in [6, 6.07) is 0. The van der Waals surface area contributed by atoms with Crippen molar-refractivity contribution in [2.45, 2.75) is 129 Å². The van der Waals surface area contributed by atoms with Crippen LogP contribution in [0, 0.1) is 5.92 Å². The molecule has 0 radical (unpaired) electrons.